The van der Waals surface area contributed by atoms with Gasteiger partial charge in [-0.25, -0.2) is 0 Å². The smallest absolute Gasteiger partial charge is 0.200 e. The fourth-order valence-corrected chi connectivity index (χ4v) is 4.47. The van der Waals surface area contributed by atoms with Crippen LogP contribution in [0.15, 0.2) is 24.3 Å². The highest BCUT2D eigenvalue weighted by Gasteiger charge is 2.24. The van der Waals surface area contributed by atoms with Crippen molar-refractivity contribution in [3.8, 4) is 34.5 Å². The topological polar surface area (TPSA) is 121 Å². The predicted molar refractivity (Wildman–Crippen MR) is 126 cm³/mol. The zero-order valence-corrected chi connectivity index (χ0v) is 19.2. The van der Waals surface area contributed by atoms with Crippen LogP contribution in [0.3, 0.4) is 0 Å². The average Bonchev–Trinajstić information content (AvgIpc) is 2.75. The van der Waals surface area contributed by atoms with Crippen LogP contribution < -0.4 is 0 Å². The summed E-state index contributed by atoms with van der Waals surface area (Å²) in [6.45, 7) is 4.31. The molecule has 0 bridgehead atoms. The summed E-state index contributed by atoms with van der Waals surface area (Å²) in [6, 6.07) is 6.01. The van der Waals surface area contributed by atoms with Gasteiger partial charge in [0.2, 0.25) is 0 Å². The summed E-state index contributed by atoms with van der Waals surface area (Å²) in [4.78, 5) is 0. The van der Waals surface area contributed by atoms with Crippen molar-refractivity contribution in [2.45, 2.75) is 78.1 Å². The third kappa shape index (κ3) is 7.14. The van der Waals surface area contributed by atoms with Crippen LogP contribution in [0, 0.1) is 11.8 Å². The van der Waals surface area contributed by atoms with Crippen molar-refractivity contribution in [3.63, 3.8) is 0 Å². The van der Waals surface area contributed by atoms with Gasteiger partial charge in [-0.15, -0.1) is 0 Å². The van der Waals surface area contributed by atoms with Crippen molar-refractivity contribution in [3.05, 3.63) is 35.4 Å². The van der Waals surface area contributed by atoms with Crippen molar-refractivity contribution in [1.82, 2.24) is 0 Å². The molecule has 32 heavy (non-hydrogen) atoms. The lowest BCUT2D eigenvalue weighted by atomic mass is 9.77. The lowest BCUT2D eigenvalue weighted by Gasteiger charge is -2.28. The average molecular weight is 447 g/mol. The van der Waals surface area contributed by atoms with Crippen LogP contribution in [-0.4, -0.2) is 30.6 Å². The summed E-state index contributed by atoms with van der Waals surface area (Å²) in [7, 11) is 0. The highest BCUT2D eigenvalue weighted by atomic mass is 16.3. The minimum absolute atomic E-state index is 0.248. The molecular formula is C26H38O6. The second-order valence-electron chi connectivity index (χ2n) is 8.89. The molecule has 0 spiro atoms. The van der Waals surface area contributed by atoms with E-state index in [1.165, 1.54) is 30.7 Å². The summed E-state index contributed by atoms with van der Waals surface area (Å²) in [6.07, 6.45) is 9.84. The molecule has 0 aliphatic carbocycles. The molecule has 0 saturated heterocycles. The van der Waals surface area contributed by atoms with E-state index in [0.29, 0.717) is 12.8 Å². The van der Waals surface area contributed by atoms with Crippen molar-refractivity contribution in [2.24, 2.45) is 11.8 Å². The second-order valence-corrected chi connectivity index (χ2v) is 8.89. The molecule has 0 aliphatic heterocycles. The number of benzene rings is 2. The van der Waals surface area contributed by atoms with Gasteiger partial charge in [-0.3, -0.25) is 0 Å². The van der Waals surface area contributed by atoms with E-state index in [1.807, 2.05) is 0 Å². The van der Waals surface area contributed by atoms with Gasteiger partial charge in [0.25, 0.3) is 0 Å². The Morgan fingerprint density at radius 3 is 1.28 bits per heavy atom. The monoisotopic (exact) mass is 446 g/mol. The fourth-order valence-electron chi connectivity index (χ4n) is 4.47. The standard InChI is InChI=1S/C26H38O6/c1-3-5-7-8-10-20(12-18-15-23(29)26(32)24(30)16-18)19(9-6-4-2)11-17-13-21(27)25(31)22(28)14-17/h13-16,19-20,27-32H,3-12H2,1-2H3/t19-,20-/m0/s1. The van der Waals surface area contributed by atoms with Crippen LogP contribution in [0.1, 0.15) is 76.3 Å². The lowest BCUT2D eigenvalue weighted by molar-refractivity contribution is 0.274. The number of phenols is 6. The number of aromatic hydroxyl groups is 6. The molecule has 6 N–H and O–H groups in total. The van der Waals surface area contributed by atoms with Crippen molar-refractivity contribution >= 4 is 0 Å². The molecule has 0 aliphatic rings. The normalized spacial score (nSPS) is 13.2. The van der Waals surface area contributed by atoms with E-state index in [1.54, 1.807) is 0 Å². The Labute approximate surface area is 190 Å². The van der Waals surface area contributed by atoms with Crippen LogP contribution in [-0.2, 0) is 12.8 Å². The van der Waals surface area contributed by atoms with Crippen molar-refractivity contribution in [1.29, 1.82) is 0 Å². The van der Waals surface area contributed by atoms with Gasteiger partial charge >= 0.3 is 0 Å². The van der Waals surface area contributed by atoms with Gasteiger partial charge in [0.15, 0.2) is 34.5 Å². The van der Waals surface area contributed by atoms with Crippen LogP contribution in [0.25, 0.3) is 0 Å². The quantitative estimate of drug-likeness (QED) is 0.163. The van der Waals surface area contributed by atoms with Crippen molar-refractivity contribution < 1.29 is 30.6 Å². The molecular weight excluding hydrogens is 408 g/mol. The first-order valence-electron chi connectivity index (χ1n) is 11.7. The summed E-state index contributed by atoms with van der Waals surface area (Å²) < 4.78 is 0. The van der Waals surface area contributed by atoms with Gasteiger partial charge in [-0.1, -0.05) is 52.4 Å². The summed E-state index contributed by atoms with van der Waals surface area (Å²) in [5.74, 6) is -1.84. The van der Waals surface area contributed by atoms with Gasteiger partial charge in [0.1, 0.15) is 0 Å². The Hall–Kier alpha value is -2.76. The third-order valence-electron chi connectivity index (χ3n) is 6.28. The minimum Gasteiger partial charge on any atom is -0.504 e. The summed E-state index contributed by atoms with van der Waals surface area (Å²) in [5, 5.41) is 59.2. The number of unbranched alkanes of at least 4 members (excludes halogenated alkanes) is 4. The third-order valence-corrected chi connectivity index (χ3v) is 6.28. The molecule has 0 heterocycles. The maximum Gasteiger partial charge on any atom is 0.200 e. The number of hydrogen-bond acceptors (Lipinski definition) is 6. The van der Waals surface area contributed by atoms with Crippen LogP contribution in [0.4, 0.5) is 0 Å². The molecule has 0 radical (unpaired) electrons. The largest absolute Gasteiger partial charge is 0.504 e. The van der Waals surface area contributed by atoms with Gasteiger partial charge in [0, 0.05) is 0 Å². The van der Waals surface area contributed by atoms with Crippen LogP contribution in [0.5, 0.6) is 34.5 Å². The molecule has 0 aromatic heterocycles. The Balaban J connectivity index is 2.31. The highest BCUT2D eigenvalue weighted by Crippen LogP contribution is 2.40. The van der Waals surface area contributed by atoms with Crippen LogP contribution >= 0.6 is 0 Å². The Morgan fingerprint density at radius 1 is 0.531 bits per heavy atom. The van der Waals surface area contributed by atoms with E-state index < -0.39 is 11.5 Å². The Kier molecular flexibility index (Phi) is 9.82. The Bertz CT molecular complexity index is 817. The van der Waals surface area contributed by atoms with E-state index in [4.69, 9.17) is 0 Å². The zero-order valence-electron chi connectivity index (χ0n) is 19.2. The van der Waals surface area contributed by atoms with Gasteiger partial charge in [-0.05, 0) is 72.9 Å². The molecule has 2 atom stereocenters. The molecule has 2 aromatic rings. The molecule has 178 valence electrons. The molecule has 6 heteroatoms. The molecule has 0 saturated carbocycles. The number of phenolic OH excluding ortho intramolecular Hbond substituents is 6. The lowest BCUT2D eigenvalue weighted by Crippen LogP contribution is -2.20. The molecule has 2 rings (SSSR count). The first-order valence-corrected chi connectivity index (χ1v) is 11.7. The zero-order chi connectivity index (χ0) is 23.7. The first kappa shape index (κ1) is 25.5. The maximum absolute atomic E-state index is 9.95. The fraction of sp³-hybridized carbons (Fsp3) is 0.538. The highest BCUT2D eigenvalue weighted by molar-refractivity contribution is 5.52. The molecule has 0 fully saturated rings. The first-order chi connectivity index (χ1) is 15.3. The summed E-state index contributed by atoms with van der Waals surface area (Å²) in [5.41, 5.74) is 1.52. The van der Waals surface area contributed by atoms with E-state index in [0.717, 1.165) is 56.1 Å². The SMILES string of the molecule is CCCCCC[C@@H](Cc1cc(O)c(O)c(O)c1)[C@@H](CCCC)Cc1cc(O)c(O)c(O)c1. The molecule has 6 nitrogen and oxygen atoms in total. The molecule has 0 amide bonds. The van der Waals surface area contributed by atoms with Gasteiger partial charge < -0.3 is 30.6 Å². The van der Waals surface area contributed by atoms with E-state index in [-0.39, 0.29) is 34.8 Å². The van der Waals surface area contributed by atoms with Gasteiger partial charge in [-0.2, -0.15) is 0 Å². The summed E-state index contributed by atoms with van der Waals surface area (Å²) >= 11 is 0. The van der Waals surface area contributed by atoms with E-state index in [2.05, 4.69) is 13.8 Å². The van der Waals surface area contributed by atoms with E-state index >= 15 is 0 Å². The Morgan fingerprint density at radius 2 is 0.906 bits per heavy atom. The maximum atomic E-state index is 9.95. The number of rotatable bonds is 13. The second kappa shape index (κ2) is 12.3. The van der Waals surface area contributed by atoms with Gasteiger partial charge in [0.05, 0.1) is 0 Å². The van der Waals surface area contributed by atoms with Crippen LogP contribution in [0.2, 0.25) is 0 Å². The predicted octanol–water partition coefficient (Wildman–Crippen LogP) is 6.10. The molecule has 0 unspecified atom stereocenters. The minimum atomic E-state index is -0.509. The number of hydrogen-bond donors (Lipinski definition) is 6. The van der Waals surface area contributed by atoms with Crippen molar-refractivity contribution in [2.75, 3.05) is 0 Å². The molecule has 2 aromatic carbocycles. The van der Waals surface area contributed by atoms with E-state index in [9.17, 15) is 30.6 Å².